The molecule has 0 bridgehead atoms. The number of rotatable bonds is 5. The monoisotopic (exact) mass is 266 g/mol. The molecule has 0 unspecified atom stereocenters. The lowest BCUT2D eigenvalue weighted by Gasteiger charge is -2.30. The van der Waals surface area contributed by atoms with Crippen LogP contribution in [0.3, 0.4) is 0 Å². The van der Waals surface area contributed by atoms with Gasteiger partial charge in [0.05, 0.1) is 27.7 Å². The number of benzene rings is 1. The van der Waals surface area contributed by atoms with Crippen LogP contribution in [0.15, 0.2) is 30.3 Å². The van der Waals surface area contributed by atoms with Crippen LogP contribution in [0, 0.1) is 0 Å². The Bertz CT molecular complexity index is 402. The highest BCUT2D eigenvalue weighted by molar-refractivity contribution is 5.21. The minimum atomic E-state index is -0.754. The first-order chi connectivity index (χ1) is 8.95. The molecule has 19 heavy (non-hydrogen) atoms. The van der Waals surface area contributed by atoms with Crippen LogP contribution in [0.25, 0.3) is 0 Å². The number of quaternary nitrogens is 1. The summed E-state index contributed by atoms with van der Waals surface area (Å²) in [7, 11) is 8.14. The van der Waals surface area contributed by atoms with Gasteiger partial charge in [0, 0.05) is 12.7 Å². The predicted octanol–water partition coefficient (Wildman–Crippen LogP) is 1.61. The first kappa shape index (κ1) is 14.5. The summed E-state index contributed by atoms with van der Waals surface area (Å²) in [6, 6.07) is 10.0. The van der Waals surface area contributed by atoms with Crippen LogP contribution in [-0.2, 0) is 20.0 Å². The zero-order valence-electron chi connectivity index (χ0n) is 12.3. The van der Waals surface area contributed by atoms with Gasteiger partial charge in [-0.3, -0.25) is 0 Å². The summed E-state index contributed by atoms with van der Waals surface area (Å²) in [6.07, 6.45) is 0.0929. The van der Waals surface area contributed by atoms with E-state index in [1.807, 2.05) is 30.3 Å². The molecule has 2 rings (SSSR count). The highest BCUT2D eigenvalue weighted by Crippen LogP contribution is 2.34. The van der Waals surface area contributed by atoms with Gasteiger partial charge in [-0.1, -0.05) is 30.3 Å². The summed E-state index contributed by atoms with van der Waals surface area (Å²) in [5, 5.41) is 0. The van der Waals surface area contributed by atoms with Crippen LogP contribution < -0.4 is 0 Å². The Balaban J connectivity index is 2.15. The van der Waals surface area contributed by atoms with Crippen molar-refractivity contribution in [2.24, 2.45) is 0 Å². The van der Waals surface area contributed by atoms with Gasteiger partial charge >= 0.3 is 0 Å². The van der Waals surface area contributed by atoms with Gasteiger partial charge in [0.25, 0.3) is 0 Å². The highest BCUT2D eigenvalue weighted by Gasteiger charge is 2.44. The Morgan fingerprint density at radius 3 is 2.53 bits per heavy atom. The number of ether oxygens (including phenoxy) is 3. The third-order valence-electron chi connectivity index (χ3n) is 3.16. The molecule has 1 fully saturated rings. The van der Waals surface area contributed by atoms with Crippen molar-refractivity contribution in [3.63, 3.8) is 0 Å². The molecule has 1 saturated heterocycles. The molecule has 4 nitrogen and oxygen atoms in total. The van der Waals surface area contributed by atoms with Crippen LogP contribution in [0.5, 0.6) is 0 Å². The van der Waals surface area contributed by atoms with Crippen molar-refractivity contribution in [2.45, 2.75) is 11.9 Å². The van der Waals surface area contributed by atoms with Crippen molar-refractivity contribution in [2.75, 3.05) is 48.0 Å². The van der Waals surface area contributed by atoms with Crippen molar-refractivity contribution in [3.05, 3.63) is 35.9 Å². The molecule has 106 valence electrons. The second-order valence-corrected chi connectivity index (χ2v) is 6.08. The number of nitrogens with zero attached hydrogens (tertiary/aromatic N) is 1. The smallest absolute Gasteiger partial charge is 0.219 e. The van der Waals surface area contributed by atoms with Crippen molar-refractivity contribution in [1.82, 2.24) is 0 Å². The van der Waals surface area contributed by atoms with E-state index >= 15 is 0 Å². The van der Waals surface area contributed by atoms with Gasteiger partial charge in [-0.15, -0.1) is 0 Å². The molecule has 0 spiro atoms. The predicted molar refractivity (Wildman–Crippen MR) is 73.7 cm³/mol. The maximum atomic E-state index is 6.19. The Kier molecular flexibility index (Phi) is 4.26. The third-order valence-corrected chi connectivity index (χ3v) is 3.16. The zero-order valence-corrected chi connectivity index (χ0v) is 12.3. The molecular formula is C15H24NO3+. The van der Waals surface area contributed by atoms with Gasteiger partial charge < -0.3 is 18.7 Å². The first-order valence-corrected chi connectivity index (χ1v) is 6.62. The number of hydrogen-bond donors (Lipinski definition) is 0. The van der Waals surface area contributed by atoms with E-state index in [0.717, 1.165) is 16.6 Å². The Morgan fingerprint density at radius 2 is 1.95 bits per heavy atom. The third kappa shape index (κ3) is 3.54. The summed E-state index contributed by atoms with van der Waals surface area (Å²) in [5.41, 5.74) is 1.01. The van der Waals surface area contributed by atoms with Crippen LogP contribution >= 0.6 is 0 Å². The lowest BCUT2D eigenvalue weighted by atomic mass is 10.1. The molecule has 0 amide bonds. The van der Waals surface area contributed by atoms with E-state index < -0.39 is 5.79 Å². The van der Waals surface area contributed by atoms with E-state index in [1.54, 1.807) is 7.11 Å². The standard InChI is InChI=1S/C15H24NO3/c1-16(2,3)10-14-11-18-15(19-14,12-17-4)13-8-6-5-7-9-13/h5-9,14H,10-12H2,1-4H3/q+1/t14-,15+/m1/s1. The van der Waals surface area contributed by atoms with Crippen molar-refractivity contribution in [3.8, 4) is 0 Å². The molecule has 2 atom stereocenters. The van der Waals surface area contributed by atoms with E-state index in [0.29, 0.717) is 13.2 Å². The fourth-order valence-electron chi connectivity index (χ4n) is 2.46. The summed E-state index contributed by atoms with van der Waals surface area (Å²) in [6.45, 7) is 1.93. The molecular weight excluding hydrogens is 242 g/mol. The summed E-state index contributed by atoms with van der Waals surface area (Å²) >= 11 is 0. The zero-order chi connectivity index (χ0) is 13.9. The second-order valence-electron chi connectivity index (χ2n) is 6.08. The van der Waals surface area contributed by atoms with Gasteiger partial charge in [-0.25, -0.2) is 0 Å². The Labute approximate surface area is 115 Å². The SMILES string of the molecule is COC[C@]1(c2ccccc2)OC[C@@H](C[N+](C)(C)C)O1. The molecule has 0 radical (unpaired) electrons. The number of methoxy groups -OCH3 is 1. The molecule has 1 heterocycles. The molecule has 0 aliphatic carbocycles. The lowest BCUT2D eigenvalue weighted by Crippen LogP contribution is -2.43. The van der Waals surface area contributed by atoms with E-state index in [4.69, 9.17) is 14.2 Å². The summed E-state index contributed by atoms with van der Waals surface area (Å²) in [4.78, 5) is 0. The summed E-state index contributed by atoms with van der Waals surface area (Å²) < 4.78 is 18.3. The van der Waals surface area contributed by atoms with E-state index in [9.17, 15) is 0 Å². The van der Waals surface area contributed by atoms with Gasteiger partial charge in [0.15, 0.2) is 0 Å². The summed E-state index contributed by atoms with van der Waals surface area (Å²) in [5.74, 6) is -0.754. The maximum Gasteiger partial charge on any atom is 0.219 e. The van der Waals surface area contributed by atoms with Crippen LogP contribution in [0.4, 0.5) is 0 Å². The van der Waals surface area contributed by atoms with Gasteiger partial charge in [-0.05, 0) is 0 Å². The fraction of sp³-hybridized carbons (Fsp3) is 0.600. The fourth-order valence-corrected chi connectivity index (χ4v) is 2.46. The molecule has 4 heteroatoms. The molecule has 0 N–H and O–H groups in total. The topological polar surface area (TPSA) is 27.7 Å². The second kappa shape index (κ2) is 5.59. The van der Waals surface area contributed by atoms with Crippen molar-refractivity contribution < 1.29 is 18.7 Å². The average molecular weight is 266 g/mol. The van der Waals surface area contributed by atoms with Crippen molar-refractivity contribution >= 4 is 0 Å². The molecule has 1 aliphatic heterocycles. The Morgan fingerprint density at radius 1 is 1.26 bits per heavy atom. The molecule has 1 aliphatic rings. The minimum absolute atomic E-state index is 0.0929. The van der Waals surface area contributed by atoms with E-state index in [1.165, 1.54) is 0 Å². The molecule has 1 aromatic carbocycles. The minimum Gasteiger partial charge on any atom is -0.379 e. The quantitative estimate of drug-likeness (QED) is 0.758. The molecule has 0 saturated carbocycles. The first-order valence-electron chi connectivity index (χ1n) is 6.62. The average Bonchev–Trinajstić information content (AvgIpc) is 2.73. The lowest BCUT2D eigenvalue weighted by molar-refractivity contribution is -0.873. The van der Waals surface area contributed by atoms with E-state index in [-0.39, 0.29) is 6.10 Å². The van der Waals surface area contributed by atoms with Gasteiger partial charge in [-0.2, -0.15) is 0 Å². The van der Waals surface area contributed by atoms with Crippen LogP contribution in [0.1, 0.15) is 5.56 Å². The van der Waals surface area contributed by atoms with Gasteiger partial charge in [0.2, 0.25) is 5.79 Å². The van der Waals surface area contributed by atoms with E-state index in [2.05, 4.69) is 21.1 Å². The highest BCUT2D eigenvalue weighted by atomic mass is 16.8. The molecule has 0 aromatic heterocycles. The number of hydrogen-bond acceptors (Lipinski definition) is 3. The number of likely N-dealkylation sites (N-methyl/N-ethyl adjacent to an activating group) is 1. The maximum absolute atomic E-state index is 6.19. The van der Waals surface area contributed by atoms with Gasteiger partial charge in [0.1, 0.15) is 19.3 Å². The van der Waals surface area contributed by atoms with Crippen molar-refractivity contribution in [1.29, 1.82) is 0 Å². The Hall–Kier alpha value is -0.940. The van der Waals surface area contributed by atoms with Crippen LogP contribution in [0.2, 0.25) is 0 Å². The normalized spacial score (nSPS) is 27.7. The molecule has 1 aromatic rings. The van der Waals surface area contributed by atoms with Crippen LogP contribution in [-0.4, -0.2) is 58.6 Å². The largest absolute Gasteiger partial charge is 0.379 e.